The van der Waals surface area contributed by atoms with E-state index >= 15 is 0 Å². The molecule has 0 amide bonds. The van der Waals surface area contributed by atoms with Crippen molar-refractivity contribution in [1.29, 1.82) is 0 Å². The highest BCUT2D eigenvalue weighted by atomic mass is 16.3. The van der Waals surface area contributed by atoms with Crippen LogP contribution in [0.15, 0.2) is 0 Å². The van der Waals surface area contributed by atoms with Gasteiger partial charge in [-0.05, 0) is 19.3 Å². The van der Waals surface area contributed by atoms with E-state index in [9.17, 15) is 5.11 Å². The molecule has 1 saturated carbocycles. The van der Waals surface area contributed by atoms with Gasteiger partial charge in [-0.3, -0.25) is 0 Å². The highest BCUT2D eigenvalue weighted by Crippen LogP contribution is 2.52. The molecule has 0 bridgehead atoms. The van der Waals surface area contributed by atoms with Gasteiger partial charge in [-0.15, -0.1) is 0 Å². The summed E-state index contributed by atoms with van der Waals surface area (Å²) in [7, 11) is 0. The quantitative estimate of drug-likeness (QED) is 0.557. The summed E-state index contributed by atoms with van der Waals surface area (Å²) in [6.07, 6.45) is 2.99. The van der Waals surface area contributed by atoms with Gasteiger partial charge in [0.25, 0.3) is 0 Å². The van der Waals surface area contributed by atoms with Crippen molar-refractivity contribution in [3.8, 4) is 0 Å². The Morgan fingerprint density at radius 1 is 1.40 bits per heavy atom. The molecule has 0 unspecified atom stereocenters. The molecule has 1 aliphatic carbocycles. The van der Waals surface area contributed by atoms with E-state index in [1.807, 2.05) is 0 Å². The first kappa shape index (κ1) is 6.62. The lowest BCUT2D eigenvalue weighted by Gasteiger charge is -2.58. The molecule has 1 saturated heterocycles. The van der Waals surface area contributed by atoms with Crippen LogP contribution in [0.5, 0.6) is 0 Å². The summed E-state index contributed by atoms with van der Waals surface area (Å²) in [6.45, 7) is 4.34. The maximum atomic E-state index is 9.69. The van der Waals surface area contributed by atoms with Crippen LogP contribution in [0.3, 0.4) is 0 Å². The smallest absolute Gasteiger partial charge is 0.0657 e. The van der Waals surface area contributed by atoms with Gasteiger partial charge >= 0.3 is 0 Å². The van der Waals surface area contributed by atoms with Crippen LogP contribution in [0.4, 0.5) is 0 Å². The van der Waals surface area contributed by atoms with Crippen LogP contribution in [0, 0.1) is 5.41 Å². The molecule has 0 atom stereocenters. The number of nitrogens with one attached hydrogen (secondary N) is 1. The molecule has 1 aliphatic heterocycles. The molecule has 0 aromatic rings. The van der Waals surface area contributed by atoms with Crippen molar-refractivity contribution in [3.05, 3.63) is 0 Å². The van der Waals surface area contributed by atoms with Crippen LogP contribution < -0.4 is 5.32 Å². The van der Waals surface area contributed by atoms with Gasteiger partial charge in [0.15, 0.2) is 0 Å². The molecule has 2 fully saturated rings. The van der Waals surface area contributed by atoms with Gasteiger partial charge in [0.05, 0.1) is 5.60 Å². The fourth-order valence-electron chi connectivity index (χ4n) is 2.32. The first-order chi connectivity index (χ1) is 4.68. The van der Waals surface area contributed by atoms with E-state index in [0.717, 1.165) is 32.4 Å². The third-order valence-electron chi connectivity index (χ3n) is 3.07. The van der Waals surface area contributed by atoms with E-state index in [0.29, 0.717) is 5.41 Å². The third-order valence-corrected chi connectivity index (χ3v) is 3.07. The standard InChI is InChI=1S/C8H15NO/c1-2-8(10)3-7(4-8)5-9-6-7/h9-10H,2-6H2,1H3. The Morgan fingerprint density at radius 3 is 2.30 bits per heavy atom. The molecule has 2 N–H and O–H groups in total. The molecule has 1 spiro atoms. The molecule has 58 valence electrons. The average Bonchev–Trinajstić information content (AvgIpc) is 1.77. The van der Waals surface area contributed by atoms with Gasteiger partial charge in [0.2, 0.25) is 0 Å². The van der Waals surface area contributed by atoms with Crippen molar-refractivity contribution in [1.82, 2.24) is 5.32 Å². The van der Waals surface area contributed by atoms with Crippen LogP contribution >= 0.6 is 0 Å². The van der Waals surface area contributed by atoms with Crippen molar-refractivity contribution in [3.63, 3.8) is 0 Å². The number of rotatable bonds is 1. The highest BCUT2D eigenvalue weighted by molar-refractivity contribution is 5.09. The van der Waals surface area contributed by atoms with Gasteiger partial charge < -0.3 is 10.4 Å². The topological polar surface area (TPSA) is 32.3 Å². The minimum atomic E-state index is -0.290. The monoisotopic (exact) mass is 141 g/mol. The molecule has 2 heteroatoms. The maximum Gasteiger partial charge on any atom is 0.0657 e. The Kier molecular flexibility index (Phi) is 1.15. The summed E-state index contributed by atoms with van der Waals surface area (Å²) < 4.78 is 0. The summed E-state index contributed by atoms with van der Waals surface area (Å²) in [5.41, 5.74) is 0.229. The molecule has 10 heavy (non-hydrogen) atoms. The van der Waals surface area contributed by atoms with Crippen LogP contribution in [0.25, 0.3) is 0 Å². The molecule has 2 aliphatic rings. The lowest BCUT2D eigenvalue weighted by molar-refractivity contribution is -0.150. The van der Waals surface area contributed by atoms with E-state index in [1.165, 1.54) is 0 Å². The van der Waals surface area contributed by atoms with Gasteiger partial charge in [0, 0.05) is 18.5 Å². The molecule has 1 heterocycles. The fraction of sp³-hybridized carbons (Fsp3) is 1.00. The van der Waals surface area contributed by atoms with Gasteiger partial charge in [-0.25, -0.2) is 0 Å². The summed E-state index contributed by atoms with van der Waals surface area (Å²) in [4.78, 5) is 0. The van der Waals surface area contributed by atoms with Crippen LogP contribution in [-0.2, 0) is 0 Å². The first-order valence-corrected chi connectivity index (χ1v) is 4.11. The van der Waals surface area contributed by atoms with Crippen molar-refractivity contribution in [2.24, 2.45) is 5.41 Å². The Labute approximate surface area is 61.6 Å². The normalized spacial score (nSPS) is 33.0. The third kappa shape index (κ3) is 0.722. The summed E-state index contributed by atoms with van der Waals surface area (Å²) in [5.74, 6) is 0. The van der Waals surface area contributed by atoms with Crippen molar-refractivity contribution >= 4 is 0 Å². The molecular formula is C8H15NO. The number of aliphatic hydroxyl groups is 1. The Hall–Kier alpha value is -0.0800. The lowest BCUT2D eigenvalue weighted by atomic mass is 9.55. The second-order valence-electron chi connectivity index (χ2n) is 4.04. The van der Waals surface area contributed by atoms with Crippen molar-refractivity contribution in [2.45, 2.75) is 31.8 Å². The SMILES string of the molecule is CCC1(O)CC2(CNC2)C1. The van der Waals surface area contributed by atoms with E-state index in [1.54, 1.807) is 0 Å². The van der Waals surface area contributed by atoms with Crippen molar-refractivity contribution in [2.75, 3.05) is 13.1 Å². The Balaban J connectivity index is 1.92. The molecule has 0 radical (unpaired) electrons. The van der Waals surface area contributed by atoms with E-state index in [4.69, 9.17) is 0 Å². The maximum absolute atomic E-state index is 9.69. The minimum absolute atomic E-state index is 0.290. The molecule has 2 nitrogen and oxygen atoms in total. The summed E-state index contributed by atoms with van der Waals surface area (Å²) in [6, 6.07) is 0. The van der Waals surface area contributed by atoms with Gasteiger partial charge in [-0.1, -0.05) is 6.92 Å². The molecular weight excluding hydrogens is 126 g/mol. The van der Waals surface area contributed by atoms with Crippen molar-refractivity contribution < 1.29 is 5.11 Å². The molecule has 0 aromatic heterocycles. The lowest BCUT2D eigenvalue weighted by Crippen LogP contribution is -2.66. The number of hydrogen-bond acceptors (Lipinski definition) is 2. The number of hydrogen-bond donors (Lipinski definition) is 2. The van der Waals surface area contributed by atoms with E-state index < -0.39 is 0 Å². The summed E-state index contributed by atoms with van der Waals surface area (Å²) in [5, 5.41) is 12.9. The predicted octanol–water partition coefficient (Wildman–Crippen LogP) is 0.511. The zero-order valence-electron chi connectivity index (χ0n) is 6.48. The van der Waals surface area contributed by atoms with E-state index in [-0.39, 0.29) is 5.60 Å². The molecule has 0 aromatic carbocycles. The minimum Gasteiger partial charge on any atom is -0.390 e. The fourth-order valence-corrected chi connectivity index (χ4v) is 2.32. The van der Waals surface area contributed by atoms with E-state index in [2.05, 4.69) is 12.2 Å². The Bertz CT molecular complexity index is 136. The van der Waals surface area contributed by atoms with Gasteiger partial charge in [0.1, 0.15) is 0 Å². The van der Waals surface area contributed by atoms with Crippen LogP contribution in [-0.4, -0.2) is 23.8 Å². The summed E-state index contributed by atoms with van der Waals surface area (Å²) >= 11 is 0. The predicted molar refractivity (Wildman–Crippen MR) is 39.8 cm³/mol. The highest BCUT2D eigenvalue weighted by Gasteiger charge is 2.55. The van der Waals surface area contributed by atoms with Gasteiger partial charge in [-0.2, -0.15) is 0 Å². The molecule has 2 rings (SSSR count). The largest absolute Gasteiger partial charge is 0.390 e. The second kappa shape index (κ2) is 1.74. The van der Waals surface area contributed by atoms with Crippen LogP contribution in [0.2, 0.25) is 0 Å². The zero-order valence-corrected chi connectivity index (χ0v) is 6.48. The first-order valence-electron chi connectivity index (χ1n) is 4.11. The zero-order chi connectivity index (χ0) is 7.24. The second-order valence-corrected chi connectivity index (χ2v) is 4.04. The Morgan fingerprint density at radius 2 is 2.00 bits per heavy atom. The van der Waals surface area contributed by atoms with Crippen LogP contribution in [0.1, 0.15) is 26.2 Å². The average molecular weight is 141 g/mol.